The van der Waals surface area contributed by atoms with Crippen molar-refractivity contribution >= 4 is 11.6 Å². The first-order chi connectivity index (χ1) is 5.59. The van der Waals surface area contributed by atoms with Gasteiger partial charge in [0.05, 0.1) is 12.3 Å². The Hall–Kier alpha value is -1.03. The Kier molecular flexibility index (Phi) is 2.70. The summed E-state index contributed by atoms with van der Waals surface area (Å²) in [6, 6.07) is 0. The van der Waals surface area contributed by atoms with E-state index in [1.54, 1.807) is 0 Å². The molecule has 0 amide bonds. The number of halogens is 1. The maximum absolute atomic E-state index is 10.7. The highest BCUT2D eigenvalue weighted by Gasteiger charge is 2.04. The molecule has 0 saturated heterocycles. The molecule has 66 valence electrons. The average Bonchev–Trinajstić information content (AvgIpc) is 1.96. The second-order valence-electron chi connectivity index (χ2n) is 2.53. The number of nitrogens with one attached hydrogen (secondary N) is 1. The highest BCUT2D eigenvalue weighted by molar-refractivity contribution is 6.31. The molecular formula is C7H9ClN2O2. The van der Waals surface area contributed by atoms with E-state index in [2.05, 4.69) is 9.97 Å². The van der Waals surface area contributed by atoms with Crippen LogP contribution < -0.4 is 10.4 Å². The van der Waals surface area contributed by atoms with E-state index >= 15 is 0 Å². The van der Waals surface area contributed by atoms with Crippen molar-refractivity contribution in [2.75, 3.05) is 0 Å². The van der Waals surface area contributed by atoms with Gasteiger partial charge in [-0.3, -0.25) is 4.98 Å². The second-order valence-corrected chi connectivity index (χ2v) is 2.94. The lowest BCUT2D eigenvalue weighted by Gasteiger charge is -2.09. The van der Waals surface area contributed by atoms with Crippen molar-refractivity contribution in [2.24, 2.45) is 0 Å². The Labute approximate surface area is 74.5 Å². The zero-order chi connectivity index (χ0) is 9.14. The van der Waals surface area contributed by atoms with Gasteiger partial charge in [-0.15, -0.1) is 0 Å². The predicted molar refractivity (Wildman–Crippen MR) is 45.6 cm³/mol. The fourth-order valence-corrected chi connectivity index (χ4v) is 0.825. The molecule has 1 rings (SSSR count). The van der Waals surface area contributed by atoms with E-state index in [9.17, 15) is 4.79 Å². The summed E-state index contributed by atoms with van der Waals surface area (Å²) in [7, 11) is 0. The molecule has 5 heteroatoms. The van der Waals surface area contributed by atoms with Crippen molar-refractivity contribution in [3.8, 4) is 5.88 Å². The van der Waals surface area contributed by atoms with Gasteiger partial charge in [0.15, 0.2) is 0 Å². The lowest BCUT2D eigenvalue weighted by atomic mass is 10.5. The predicted octanol–water partition coefficient (Wildman–Crippen LogP) is 1.21. The zero-order valence-electron chi connectivity index (χ0n) is 6.80. The lowest BCUT2D eigenvalue weighted by molar-refractivity contribution is 0.231. The van der Waals surface area contributed by atoms with Crippen LogP contribution in [0, 0.1) is 0 Å². The summed E-state index contributed by atoms with van der Waals surface area (Å²) < 4.78 is 5.20. The van der Waals surface area contributed by atoms with Gasteiger partial charge < -0.3 is 4.74 Å². The van der Waals surface area contributed by atoms with Crippen molar-refractivity contribution in [1.29, 1.82) is 0 Å². The molecule has 0 spiro atoms. The Bertz CT molecular complexity index is 321. The van der Waals surface area contributed by atoms with Gasteiger partial charge in [0.25, 0.3) is 0 Å². The van der Waals surface area contributed by atoms with Crippen LogP contribution in [0.25, 0.3) is 0 Å². The Morgan fingerprint density at radius 1 is 1.67 bits per heavy atom. The lowest BCUT2D eigenvalue weighted by Crippen LogP contribution is -2.14. The highest BCUT2D eigenvalue weighted by atomic mass is 35.5. The van der Waals surface area contributed by atoms with Crippen LogP contribution in [-0.4, -0.2) is 16.1 Å². The number of aromatic amines is 1. The summed E-state index contributed by atoms with van der Waals surface area (Å²) >= 11 is 5.68. The molecule has 1 aromatic rings. The van der Waals surface area contributed by atoms with Gasteiger partial charge in [0.1, 0.15) is 5.02 Å². The van der Waals surface area contributed by atoms with Gasteiger partial charge >= 0.3 is 5.69 Å². The summed E-state index contributed by atoms with van der Waals surface area (Å²) in [5, 5.41) is 0.309. The number of rotatable bonds is 2. The van der Waals surface area contributed by atoms with E-state index in [-0.39, 0.29) is 12.0 Å². The van der Waals surface area contributed by atoms with E-state index in [0.717, 1.165) is 0 Å². The number of hydrogen-bond acceptors (Lipinski definition) is 3. The van der Waals surface area contributed by atoms with Gasteiger partial charge in [-0.1, -0.05) is 11.6 Å². The summed E-state index contributed by atoms with van der Waals surface area (Å²) in [6.45, 7) is 3.68. The third-order valence-corrected chi connectivity index (χ3v) is 1.36. The maximum atomic E-state index is 10.7. The van der Waals surface area contributed by atoms with Crippen LogP contribution in [0.2, 0.25) is 5.02 Å². The number of aromatic nitrogens is 2. The first kappa shape index (κ1) is 9.06. The second kappa shape index (κ2) is 3.58. The monoisotopic (exact) mass is 188 g/mol. The van der Waals surface area contributed by atoms with Crippen LogP contribution >= 0.6 is 11.6 Å². The topological polar surface area (TPSA) is 55.0 Å². The third kappa shape index (κ3) is 2.23. The molecule has 1 heterocycles. The number of ether oxygens (including phenoxy) is 1. The van der Waals surface area contributed by atoms with Gasteiger partial charge in [0.2, 0.25) is 5.88 Å². The van der Waals surface area contributed by atoms with Crippen LogP contribution in [-0.2, 0) is 0 Å². The van der Waals surface area contributed by atoms with E-state index in [0.29, 0.717) is 5.02 Å². The van der Waals surface area contributed by atoms with Gasteiger partial charge in [-0.2, -0.15) is 4.98 Å². The van der Waals surface area contributed by atoms with E-state index in [4.69, 9.17) is 16.3 Å². The minimum absolute atomic E-state index is 0.0273. The van der Waals surface area contributed by atoms with Gasteiger partial charge in [-0.25, -0.2) is 4.79 Å². The summed E-state index contributed by atoms with van der Waals surface area (Å²) in [4.78, 5) is 16.5. The summed E-state index contributed by atoms with van der Waals surface area (Å²) in [5.41, 5.74) is -0.463. The Morgan fingerprint density at radius 3 is 2.92 bits per heavy atom. The quantitative estimate of drug-likeness (QED) is 0.759. The molecule has 4 nitrogen and oxygen atoms in total. The molecule has 0 saturated carbocycles. The van der Waals surface area contributed by atoms with E-state index in [1.165, 1.54) is 6.20 Å². The maximum Gasteiger partial charge on any atom is 0.347 e. The Balaban J connectivity index is 2.97. The van der Waals surface area contributed by atoms with Crippen molar-refractivity contribution < 1.29 is 4.74 Å². The molecule has 1 aromatic heterocycles. The molecule has 0 aliphatic heterocycles. The SMILES string of the molecule is CC(C)Oc1[nH]c(=O)ncc1Cl. The molecular weight excluding hydrogens is 180 g/mol. The normalized spacial score (nSPS) is 10.3. The fourth-order valence-electron chi connectivity index (χ4n) is 0.684. The molecule has 0 fully saturated rings. The minimum Gasteiger partial charge on any atom is -0.475 e. The van der Waals surface area contributed by atoms with Crippen LogP contribution in [0.3, 0.4) is 0 Å². The van der Waals surface area contributed by atoms with E-state index in [1.807, 2.05) is 13.8 Å². The van der Waals surface area contributed by atoms with Gasteiger partial charge in [-0.05, 0) is 13.8 Å². The third-order valence-electron chi connectivity index (χ3n) is 1.09. The summed E-state index contributed by atoms with van der Waals surface area (Å²) in [6.07, 6.45) is 1.23. The molecule has 0 radical (unpaired) electrons. The zero-order valence-corrected chi connectivity index (χ0v) is 7.55. The van der Waals surface area contributed by atoms with Crippen molar-refractivity contribution in [3.05, 3.63) is 21.7 Å². The smallest absolute Gasteiger partial charge is 0.347 e. The average molecular weight is 189 g/mol. The van der Waals surface area contributed by atoms with E-state index < -0.39 is 5.69 Å². The van der Waals surface area contributed by atoms with Crippen LogP contribution in [0.4, 0.5) is 0 Å². The standard InChI is InChI=1S/C7H9ClN2O2/c1-4(2)12-6-5(8)3-9-7(11)10-6/h3-4H,1-2H3,(H,9,10,11). The van der Waals surface area contributed by atoms with Crippen molar-refractivity contribution in [1.82, 2.24) is 9.97 Å². The fraction of sp³-hybridized carbons (Fsp3) is 0.429. The Morgan fingerprint density at radius 2 is 2.33 bits per heavy atom. The molecule has 0 aromatic carbocycles. The molecule has 0 atom stereocenters. The molecule has 0 aliphatic rings. The number of nitrogens with zero attached hydrogens (tertiary/aromatic N) is 1. The highest BCUT2D eigenvalue weighted by Crippen LogP contribution is 2.18. The number of H-pyrrole nitrogens is 1. The first-order valence-electron chi connectivity index (χ1n) is 3.51. The molecule has 0 unspecified atom stereocenters. The molecule has 1 N–H and O–H groups in total. The molecule has 12 heavy (non-hydrogen) atoms. The number of hydrogen-bond donors (Lipinski definition) is 1. The van der Waals surface area contributed by atoms with Crippen LogP contribution in [0.15, 0.2) is 11.0 Å². The largest absolute Gasteiger partial charge is 0.475 e. The van der Waals surface area contributed by atoms with Crippen LogP contribution in [0.5, 0.6) is 5.88 Å². The van der Waals surface area contributed by atoms with Crippen molar-refractivity contribution in [2.45, 2.75) is 20.0 Å². The first-order valence-corrected chi connectivity index (χ1v) is 3.89. The van der Waals surface area contributed by atoms with Crippen molar-refractivity contribution in [3.63, 3.8) is 0 Å². The molecule has 0 aliphatic carbocycles. The molecule has 0 bridgehead atoms. The van der Waals surface area contributed by atoms with Gasteiger partial charge in [0, 0.05) is 0 Å². The minimum atomic E-state index is -0.463. The summed E-state index contributed by atoms with van der Waals surface area (Å²) in [5.74, 6) is 0.270. The van der Waals surface area contributed by atoms with Crippen LogP contribution in [0.1, 0.15) is 13.8 Å².